The molecule has 6 heteroatoms. The number of hydrogen-bond donors (Lipinski definition) is 0. The molecule has 2 heterocycles. The van der Waals surface area contributed by atoms with E-state index in [1.807, 2.05) is 44.1 Å². The quantitative estimate of drug-likeness (QED) is 0.784. The lowest BCUT2D eigenvalue weighted by molar-refractivity contribution is 0.0951. The summed E-state index contributed by atoms with van der Waals surface area (Å²) in [6, 6.07) is 3.96. The molecule has 1 amide bonds. The second-order valence-electron chi connectivity index (χ2n) is 6.76. The van der Waals surface area contributed by atoms with Crippen molar-refractivity contribution in [2.75, 3.05) is 11.4 Å². The lowest BCUT2D eigenvalue weighted by atomic mass is 10.1. The van der Waals surface area contributed by atoms with Crippen LogP contribution in [-0.4, -0.2) is 28.3 Å². The Morgan fingerprint density at radius 3 is 2.83 bits per heavy atom. The van der Waals surface area contributed by atoms with Gasteiger partial charge >= 0.3 is 0 Å². The number of aryl methyl sites for hydroxylation is 2. The number of aromatic nitrogens is 2. The molecule has 1 aliphatic heterocycles. The van der Waals surface area contributed by atoms with Crippen LogP contribution in [-0.2, 0) is 7.05 Å². The van der Waals surface area contributed by atoms with E-state index in [1.54, 1.807) is 4.68 Å². The van der Waals surface area contributed by atoms with Crippen LogP contribution in [0.1, 0.15) is 47.3 Å². The Morgan fingerprint density at radius 1 is 1.38 bits per heavy atom. The minimum Gasteiger partial charge on any atom is -0.487 e. The fraction of sp³-hybridized carbons (Fsp3) is 0.444. The van der Waals surface area contributed by atoms with Crippen LogP contribution in [0.25, 0.3) is 0 Å². The van der Waals surface area contributed by atoms with Crippen LogP contribution in [0.15, 0.2) is 22.8 Å². The molecule has 24 heavy (non-hydrogen) atoms. The van der Waals surface area contributed by atoms with Crippen LogP contribution in [0.3, 0.4) is 0 Å². The number of nitrogens with zero attached hydrogens (tertiary/aromatic N) is 3. The number of halogens is 1. The summed E-state index contributed by atoms with van der Waals surface area (Å²) in [4.78, 5) is 15.2. The number of ether oxygens (including phenoxy) is 1. The predicted octanol–water partition coefficient (Wildman–Crippen LogP) is 3.80. The van der Waals surface area contributed by atoms with Gasteiger partial charge in [0.1, 0.15) is 17.5 Å². The van der Waals surface area contributed by atoms with E-state index in [2.05, 4.69) is 21.0 Å². The first kappa shape index (κ1) is 15.7. The summed E-state index contributed by atoms with van der Waals surface area (Å²) >= 11 is 3.57. The van der Waals surface area contributed by atoms with Crippen LogP contribution in [0.5, 0.6) is 5.75 Å². The Kier molecular flexibility index (Phi) is 3.67. The second kappa shape index (κ2) is 5.62. The zero-order valence-electron chi connectivity index (χ0n) is 14.0. The summed E-state index contributed by atoms with van der Waals surface area (Å²) in [6.07, 6.45) is 4.10. The summed E-state index contributed by atoms with van der Waals surface area (Å²) in [5, 5.41) is 4.33. The smallest absolute Gasteiger partial charge is 0.277 e. The highest BCUT2D eigenvalue weighted by Crippen LogP contribution is 2.43. The third-order valence-corrected chi connectivity index (χ3v) is 5.59. The highest BCUT2D eigenvalue weighted by atomic mass is 79.9. The molecular formula is C18H20BrN3O2. The SMILES string of the molecule is Cc1cc2c(cc1Br)N(C(=O)c1c(C3CC3)cnn1C)CC(C)O2. The summed E-state index contributed by atoms with van der Waals surface area (Å²) < 4.78 is 8.63. The molecule has 2 aliphatic rings. The highest BCUT2D eigenvalue weighted by Gasteiger charge is 2.35. The van der Waals surface area contributed by atoms with E-state index in [-0.39, 0.29) is 12.0 Å². The van der Waals surface area contributed by atoms with Gasteiger partial charge in [0.05, 0.1) is 18.4 Å². The van der Waals surface area contributed by atoms with E-state index in [1.165, 1.54) is 0 Å². The van der Waals surface area contributed by atoms with Crippen molar-refractivity contribution in [2.45, 2.75) is 38.7 Å². The normalized spacial score (nSPS) is 19.8. The van der Waals surface area contributed by atoms with Crippen LogP contribution in [0.4, 0.5) is 5.69 Å². The average molecular weight is 390 g/mol. The molecule has 1 saturated carbocycles. The molecule has 0 bridgehead atoms. The van der Waals surface area contributed by atoms with Crippen LogP contribution < -0.4 is 9.64 Å². The largest absolute Gasteiger partial charge is 0.487 e. The van der Waals surface area contributed by atoms with Gasteiger partial charge in [0.15, 0.2) is 0 Å². The van der Waals surface area contributed by atoms with Gasteiger partial charge in [0, 0.05) is 17.1 Å². The van der Waals surface area contributed by atoms with Gasteiger partial charge in [-0.3, -0.25) is 14.4 Å². The minimum atomic E-state index is -0.0420. The standard InChI is InChI=1S/C18H20BrN3O2/c1-10-6-16-15(7-14(10)19)22(9-11(2)24-16)18(23)17-13(12-4-5-12)8-20-21(17)3/h6-8,11-12H,4-5,9H2,1-3H3. The Hall–Kier alpha value is -1.82. The fourth-order valence-electron chi connectivity index (χ4n) is 3.29. The first-order chi connectivity index (χ1) is 11.5. The Balaban J connectivity index is 1.79. The summed E-state index contributed by atoms with van der Waals surface area (Å²) in [5.41, 5.74) is 3.69. The predicted molar refractivity (Wildman–Crippen MR) is 95.8 cm³/mol. The number of carbonyl (C=O) groups is 1. The van der Waals surface area contributed by atoms with Crippen LogP contribution >= 0.6 is 15.9 Å². The maximum atomic E-state index is 13.3. The zero-order valence-corrected chi connectivity index (χ0v) is 15.6. The topological polar surface area (TPSA) is 47.4 Å². The van der Waals surface area contributed by atoms with Crippen molar-refractivity contribution >= 4 is 27.5 Å². The molecule has 2 aromatic rings. The van der Waals surface area contributed by atoms with Gasteiger partial charge in [-0.25, -0.2) is 0 Å². The monoisotopic (exact) mass is 389 g/mol. The van der Waals surface area contributed by atoms with Gasteiger partial charge < -0.3 is 4.74 Å². The molecule has 4 rings (SSSR count). The molecule has 5 nitrogen and oxygen atoms in total. The van der Waals surface area contributed by atoms with Gasteiger partial charge in [-0.1, -0.05) is 15.9 Å². The van der Waals surface area contributed by atoms with Gasteiger partial charge in [0.25, 0.3) is 5.91 Å². The molecule has 1 atom stereocenters. The van der Waals surface area contributed by atoms with Crippen molar-refractivity contribution in [1.29, 1.82) is 0 Å². The molecule has 0 N–H and O–H groups in total. The highest BCUT2D eigenvalue weighted by molar-refractivity contribution is 9.10. The number of amides is 1. The lowest BCUT2D eigenvalue weighted by Gasteiger charge is -2.34. The molecule has 1 unspecified atom stereocenters. The number of benzene rings is 1. The number of carbonyl (C=O) groups excluding carboxylic acids is 1. The van der Waals surface area contributed by atoms with Crippen molar-refractivity contribution in [3.63, 3.8) is 0 Å². The molecule has 1 aliphatic carbocycles. The maximum Gasteiger partial charge on any atom is 0.277 e. The molecule has 1 aromatic heterocycles. The minimum absolute atomic E-state index is 0.00375. The van der Waals surface area contributed by atoms with Crippen molar-refractivity contribution in [3.8, 4) is 5.75 Å². The van der Waals surface area contributed by atoms with E-state index in [4.69, 9.17) is 4.74 Å². The third-order valence-electron chi connectivity index (χ3n) is 4.73. The van der Waals surface area contributed by atoms with Gasteiger partial charge in [-0.2, -0.15) is 5.10 Å². The van der Waals surface area contributed by atoms with Gasteiger partial charge in [-0.15, -0.1) is 0 Å². The van der Waals surface area contributed by atoms with E-state index >= 15 is 0 Å². The lowest BCUT2D eigenvalue weighted by Crippen LogP contribution is -2.43. The van der Waals surface area contributed by atoms with Crippen LogP contribution in [0.2, 0.25) is 0 Å². The second-order valence-corrected chi connectivity index (χ2v) is 7.61. The first-order valence-corrected chi connectivity index (χ1v) is 9.05. The molecule has 0 spiro atoms. The van der Waals surface area contributed by atoms with E-state index in [0.29, 0.717) is 18.2 Å². The molecule has 0 saturated heterocycles. The molecule has 1 aromatic carbocycles. The number of rotatable bonds is 2. The Morgan fingerprint density at radius 2 is 2.12 bits per heavy atom. The van der Waals surface area contributed by atoms with E-state index < -0.39 is 0 Å². The Labute approximate surface area is 149 Å². The van der Waals surface area contributed by atoms with Crippen molar-refractivity contribution in [2.24, 2.45) is 7.05 Å². The molecule has 0 radical (unpaired) electrons. The van der Waals surface area contributed by atoms with Crippen molar-refractivity contribution in [3.05, 3.63) is 39.6 Å². The first-order valence-electron chi connectivity index (χ1n) is 8.26. The van der Waals surface area contributed by atoms with Gasteiger partial charge in [-0.05, 0) is 50.3 Å². The number of hydrogen-bond acceptors (Lipinski definition) is 3. The van der Waals surface area contributed by atoms with Crippen LogP contribution in [0, 0.1) is 6.92 Å². The van der Waals surface area contributed by atoms with Crippen molar-refractivity contribution in [1.82, 2.24) is 9.78 Å². The molecule has 126 valence electrons. The van der Waals surface area contributed by atoms with Gasteiger partial charge in [0.2, 0.25) is 0 Å². The van der Waals surface area contributed by atoms with E-state index in [9.17, 15) is 4.79 Å². The zero-order chi connectivity index (χ0) is 17.0. The maximum absolute atomic E-state index is 13.3. The van der Waals surface area contributed by atoms with Crippen molar-refractivity contribution < 1.29 is 9.53 Å². The third kappa shape index (κ3) is 2.53. The summed E-state index contributed by atoms with van der Waals surface area (Å²) in [7, 11) is 1.84. The summed E-state index contributed by atoms with van der Waals surface area (Å²) in [6.45, 7) is 4.55. The fourth-order valence-corrected chi connectivity index (χ4v) is 3.62. The number of fused-ring (bicyclic) bond motifs is 1. The average Bonchev–Trinajstić information content (AvgIpc) is 3.30. The Bertz CT molecular complexity index is 826. The summed E-state index contributed by atoms with van der Waals surface area (Å²) in [5.74, 6) is 1.25. The molecular weight excluding hydrogens is 370 g/mol. The van der Waals surface area contributed by atoms with E-state index in [0.717, 1.165) is 39.9 Å². The number of anilines is 1. The molecule has 1 fully saturated rings.